The Kier molecular flexibility index (Phi) is 3.81. The van der Waals surface area contributed by atoms with Gasteiger partial charge in [-0.3, -0.25) is 4.79 Å². The second-order valence-electron chi connectivity index (χ2n) is 5.03. The molecule has 5 heteroatoms. The van der Waals surface area contributed by atoms with Crippen LogP contribution in [-0.2, 0) is 0 Å². The van der Waals surface area contributed by atoms with Crippen molar-refractivity contribution < 1.29 is 4.79 Å². The van der Waals surface area contributed by atoms with Gasteiger partial charge in [-0.05, 0) is 39.1 Å². The topological polar surface area (TPSA) is 62.5 Å². The van der Waals surface area contributed by atoms with Crippen LogP contribution in [0.5, 0.6) is 0 Å². The summed E-state index contributed by atoms with van der Waals surface area (Å²) < 4.78 is 0. The number of aromatic nitrogens is 1. The van der Waals surface area contributed by atoms with Gasteiger partial charge in [-0.1, -0.05) is 0 Å². The summed E-state index contributed by atoms with van der Waals surface area (Å²) in [5, 5.41) is 0. The van der Waals surface area contributed by atoms with Crippen molar-refractivity contribution >= 4 is 11.6 Å². The average molecular weight is 248 g/mol. The number of hydrogen-bond donors (Lipinski definition) is 1. The molecule has 1 aliphatic heterocycles. The van der Waals surface area contributed by atoms with Gasteiger partial charge in [0.2, 0.25) is 0 Å². The quantitative estimate of drug-likeness (QED) is 0.860. The molecule has 98 valence electrons. The van der Waals surface area contributed by atoms with Crippen molar-refractivity contribution in [3.8, 4) is 0 Å². The highest BCUT2D eigenvalue weighted by Crippen LogP contribution is 2.20. The molecular weight excluding hydrogens is 228 g/mol. The van der Waals surface area contributed by atoms with Crippen molar-refractivity contribution in [3.63, 3.8) is 0 Å². The Labute approximate surface area is 108 Å². The minimum Gasteiger partial charge on any atom is -0.397 e. The predicted molar refractivity (Wildman–Crippen MR) is 71.3 cm³/mol. The van der Waals surface area contributed by atoms with Gasteiger partial charge >= 0.3 is 0 Å². The number of pyridine rings is 1. The van der Waals surface area contributed by atoms with Crippen molar-refractivity contribution in [2.24, 2.45) is 0 Å². The molecule has 1 atom stereocenters. The third-order valence-corrected chi connectivity index (χ3v) is 3.22. The number of likely N-dealkylation sites (N-methyl/N-ethyl adjacent to an activating group) is 1. The van der Waals surface area contributed by atoms with E-state index in [0.717, 1.165) is 25.9 Å². The Balaban J connectivity index is 2.10. The fraction of sp³-hybridized carbons (Fsp3) is 0.538. The maximum absolute atomic E-state index is 12.4. The third-order valence-electron chi connectivity index (χ3n) is 3.22. The number of carbonyl (C=O) groups is 1. The zero-order valence-electron chi connectivity index (χ0n) is 11.0. The normalized spacial score (nSPS) is 19.5. The van der Waals surface area contributed by atoms with Crippen LogP contribution in [0, 0.1) is 0 Å². The predicted octanol–water partition coefficient (Wildman–Crippen LogP) is 0.830. The Bertz CT molecular complexity index is 416. The lowest BCUT2D eigenvalue weighted by molar-refractivity contribution is 0.0710. The number of rotatable bonds is 3. The highest BCUT2D eigenvalue weighted by molar-refractivity contribution is 5.92. The molecule has 0 bridgehead atoms. The molecule has 2 rings (SSSR count). The molecule has 0 radical (unpaired) electrons. The first kappa shape index (κ1) is 12.8. The molecule has 0 saturated carbocycles. The van der Waals surface area contributed by atoms with E-state index in [4.69, 9.17) is 5.73 Å². The van der Waals surface area contributed by atoms with Gasteiger partial charge < -0.3 is 15.5 Å². The minimum absolute atomic E-state index is 0.0133. The van der Waals surface area contributed by atoms with Gasteiger partial charge in [0.05, 0.1) is 11.9 Å². The minimum atomic E-state index is 0.0133. The van der Waals surface area contributed by atoms with Crippen LogP contribution in [-0.4, -0.2) is 53.9 Å². The van der Waals surface area contributed by atoms with Crippen LogP contribution in [0.3, 0.4) is 0 Å². The Hall–Kier alpha value is -1.62. The van der Waals surface area contributed by atoms with Crippen molar-refractivity contribution in [1.82, 2.24) is 14.8 Å². The molecule has 1 unspecified atom stereocenters. The van der Waals surface area contributed by atoms with Gasteiger partial charge in [0, 0.05) is 19.1 Å². The highest BCUT2D eigenvalue weighted by Gasteiger charge is 2.30. The van der Waals surface area contributed by atoms with Crippen molar-refractivity contribution in [2.75, 3.05) is 32.9 Å². The molecule has 0 aliphatic carbocycles. The largest absolute Gasteiger partial charge is 0.397 e. The zero-order valence-corrected chi connectivity index (χ0v) is 11.0. The van der Waals surface area contributed by atoms with E-state index in [1.54, 1.807) is 12.1 Å². The van der Waals surface area contributed by atoms with Crippen molar-refractivity contribution in [2.45, 2.75) is 18.9 Å². The Morgan fingerprint density at radius 3 is 2.94 bits per heavy atom. The number of nitrogens with zero attached hydrogens (tertiary/aromatic N) is 3. The molecule has 1 fully saturated rings. The van der Waals surface area contributed by atoms with E-state index in [2.05, 4.69) is 9.88 Å². The lowest BCUT2D eigenvalue weighted by Gasteiger charge is -2.26. The van der Waals surface area contributed by atoms with Crippen molar-refractivity contribution in [1.29, 1.82) is 0 Å². The number of carbonyl (C=O) groups excluding carboxylic acids is 1. The number of hydrogen-bond acceptors (Lipinski definition) is 4. The van der Waals surface area contributed by atoms with E-state index < -0.39 is 0 Å². The Morgan fingerprint density at radius 2 is 2.33 bits per heavy atom. The fourth-order valence-corrected chi connectivity index (χ4v) is 2.39. The monoisotopic (exact) mass is 248 g/mol. The van der Waals surface area contributed by atoms with Crippen LogP contribution in [0.1, 0.15) is 23.3 Å². The van der Waals surface area contributed by atoms with E-state index >= 15 is 0 Å². The molecule has 1 aromatic rings. The summed E-state index contributed by atoms with van der Waals surface area (Å²) in [6.07, 6.45) is 3.67. The second-order valence-corrected chi connectivity index (χ2v) is 5.03. The van der Waals surface area contributed by atoms with Crippen LogP contribution in [0.4, 0.5) is 5.69 Å². The summed E-state index contributed by atoms with van der Waals surface area (Å²) in [6.45, 7) is 1.73. The molecular formula is C13H20N4O. The average Bonchev–Trinajstić information content (AvgIpc) is 2.76. The molecule has 0 aromatic carbocycles. The first-order valence-electron chi connectivity index (χ1n) is 6.25. The molecule has 5 nitrogen and oxygen atoms in total. The van der Waals surface area contributed by atoms with E-state index in [0.29, 0.717) is 17.4 Å². The van der Waals surface area contributed by atoms with Crippen LogP contribution >= 0.6 is 0 Å². The van der Waals surface area contributed by atoms with E-state index in [9.17, 15) is 4.79 Å². The number of nitrogen functional groups attached to an aromatic ring is 1. The number of anilines is 1. The van der Waals surface area contributed by atoms with Gasteiger partial charge in [0.1, 0.15) is 5.69 Å². The van der Waals surface area contributed by atoms with Gasteiger partial charge in [0.15, 0.2) is 0 Å². The highest BCUT2D eigenvalue weighted by atomic mass is 16.2. The van der Waals surface area contributed by atoms with Crippen LogP contribution in [0.25, 0.3) is 0 Å². The smallest absolute Gasteiger partial charge is 0.272 e. The van der Waals surface area contributed by atoms with Crippen molar-refractivity contribution in [3.05, 3.63) is 24.0 Å². The molecule has 0 spiro atoms. The van der Waals surface area contributed by atoms with Gasteiger partial charge in [0.25, 0.3) is 5.91 Å². The lowest BCUT2D eigenvalue weighted by Crippen LogP contribution is -2.41. The van der Waals surface area contributed by atoms with Gasteiger partial charge in [-0.2, -0.15) is 0 Å². The fourth-order valence-electron chi connectivity index (χ4n) is 2.39. The maximum atomic E-state index is 12.4. The van der Waals surface area contributed by atoms with E-state index in [1.807, 2.05) is 19.0 Å². The Morgan fingerprint density at radius 1 is 1.56 bits per heavy atom. The van der Waals surface area contributed by atoms with Gasteiger partial charge in [-0.25, -0.2) is 4.98 Å². The van der Waals surface area contributed by atoms with Crippen LogP contribution in [0.15, 0.2) is 18.3 Å². The first-order chi connectivity index (χ1) is 8.58. The number of amides is 1. The standard InChI is InChI=1S/C13H20N4O/c1-16(2)9-11-4-3-7-17(11)13(18)12-6-5-10(14)8-15-12/h5-6,8,11H,3-4,7,9,14H2,1-2H3. The lowest BCUT2D eigenvalue weighted by atomic mass is 10.2. The molecule has 1 amide bonds. The summed E-state index contributed by atoms with van der Waals surface area (Å²) in [5.41, 5.74) is 6.64. The molecule has 1 saturated heterocycles. The van der Waals surface area contributed by atoms with E-state index in [1.165, 1.54) is 6.20 Å². The summed E-state index contributed by atoms with van der Waals surface area (Å²) >= 11 is 0. The third kappa shape index (κ3) is 2.79. The molecule has 18 heavy (non-hydrogen) atoms. The molecule has 1 aliphatic rings. The van der Waals surface area contributed by atoms with Crippen LogP contribution in [0.2, 0.25) is 0 Å². The summed E-state index contributed by atoms with van der Waals surface area (Å²) in [5.74, 6) is 0.0133. The second kappa shape index (κ2) is 5.35. The summed E-state index contributed by atoms with van der Waals surface area (Å²) in [7, 11) is 4.06. The zero-order chi connectivity index (χ0) is 13.1. The maximum Gasteiger partial charge on any atom is 0.272 e. The first-order valence-corrected chi connectivity index (χ1v) is 6.25. The SMILES string of the molecule is CN(C)CC1CCCN1C(=O)c1ccc(N)cn1. The number of likely N-dealkylation sites (tertiary alicyclic amines) is 1. The number of nitrogens with two attached hydrogens (primary N) is 1. The van der Waals surface area contributed by atoms with Gasteiger partial charge in [-0.15, -0.1) is 0 Å². The van der Waals surface area contributed by atoms with E-state index in [-0.39, 0.29) is 5.91 Å². The molecule has 2 N–H and O–H groups in total. The molecule has 1 aromatic heterocycles. The summed E-state index contributed by atoms with van der Waals surface area (Å²) in [6, 6.07) is 3.71. The van der Waals surface area contributed by atoms with Crippen LogP contribution < -0.4 is 5.73 Å². The summed E-state index contributed by atoms with van der Waals surface area (Å²) in [4.78, 5) is 20.5. The molecule has 2 heterocycles.